The molecule has 3 nitrogen and oxygen atoms in total. The van der Waals surface area contributed by atoms with Gasteiger partial charge >= 0.3 is 31.1 Å². The largest absolute Gasteiger partial charge is 2.00 e. The monoisotopic (exact) mass is 408 g/mol. The second kappa shape index (κ2) is 6.06. The van der Waals surface area contributed by atoms with E-state index in [9.17, 15) is 4.79 Å². The van der Waals surface area contributed by atoms with E-state index in [4.69, 9.17) is 7.10 Å². The third-order valence-electron chi connectivity index (χ3n) is 2.12. The van der Waals surface area contributed by atoms with E-state index in [-0.39, 0.29) is 43.1 Å². The van der Waals surface area contributed by atoms with Gasteiger partial charge in [-0.25, -0.2) is 0 Å². The molecule has 0 spiro atoms. The van der Waals surface area contributed by atoms with Crippen molar-refractivity contribution in [2.45, 2.75) is 31.3 Å². The Balaban J connectivity index is 0.00000169. The molecule has 72 valence electrons. The molecule has 0 aromatic carbocycles. The van der Waals surface area contributed by atoms with Gasteiger partial charge in [-0.15, -0.1) is 0 Å². The molecule has 1 heterocycles. The molecule has 13 heavy (non-hydrogen) atoms. The van der Waals surface area contributed by atoms with Gasteiger partial charge in [0, 0.05) is 13.9 Å². The van der Waals surface area contributed by atoms with Crippen LogP contribution in [0.2, 0.25) is 0 Å². The van der Waals surface area contributed by atoms with Crippen LogP contribution in [0.15, 0.2) is 0 Å². The Bertz CT molecular complexity index is 201. The van der Waals surface area contributed by atoms with Crippen LogP contribution in [0, 0.1) is 45.0 Å². The molecule has 0 aliphatic carbocycles. The molecule has 1 aliphatic heterocycles. The fraction of sp³-hybridized carbons (Fsp3) is 0.667. The van der Waals surface area contributed by atoms with E-state index in [2.05, 4.69) is 13.8 Å². The second-order valence-corrected chi connectivity index (χ2v) is 3.05. The molecule has 0 aromatic rings. The molecular weight excluding hydrogens is 390 g/mol. The SMILES string of the molecule is [3H][C@@H]1CC[C@H](C[CH2-])N1C(=O)[C@H]([CH2-])N.[U+2]. The van der Waals surface area contributed by atoms with Crippen molar-refractivity contribution in [2.24, 2.45) is 5.73 Å². The average molecular weight is 408 g/mol. The van der Waals surface area contributed by atoms with Gasteiger partial charge in [0.05, 0.1) is 0 Å². The molecule has 2 N–H and O–H groups in total. The van der Waals surface area contributed by atoms with Crippen molar-refractivity contribution in [1.82, 2.24) is 4.90 Å². The summed E-state index contributed by atoms with van der Waals surface area (Å²) in [5, 5.41) is 0. The van der Waals surface area contributed by atoms with Crippen molar-refractivity contribution in [3.05, 3.63) is 13.8 Å². The van der Waals surface area contributed by atoms with Crippen LogP contribution >= 0.6 is 0 Å². The summed E-state index contributed by atoms with van der Waals surface area (Å²) in [5.41, 5.74) is 5.39. The van der Waals surface area contributed by atoms with Crippen LogP contribution < -0.4 is 5.73 Å². The first-order valence-corrected chi connectivity index (χ1v) is 4.20. The fourth-order valence-electron chi connectivity index (χ4n) is 1.44. The zero-order chi connectivity index (χ0) is 10.0. The summed E-state index contributed by atoms with van der Waals surface area (Å²) in [7, 11) is 0. The first-order chi connectivity index (χ1) is 6.07. The molecule has 4 heteroatoms. The van der Waals surface area contributed by atoms with E-state index >= 15 is 0 Å². The molecule has 0 unspecified atom stereocenters. The van der Waals surface area contributed by atoms with Crippen molar-refractivity contribution in [1.29, 1.82) is 0 Å². The van der Waals surface area contributed by atoms with Gasteiger partial charge < -0.3 is 24.5 Å². The first kappa shape index (κ1) is 11.6. The van der Waals surface area contributed by atoms with Crippen LogP contribution in [0.25, 0.3) is 0 Å². The van der Waals surface area contributed by atoms with Crippen molar-refractivity contribution in [3.8, 4) is 0 Å². The zero-order valence-corrected chi connectivity index (χ0v) is 11.9. The van der Waals surface area contributed by atoms with E-state index in [0.29, 0.717) is 6.42 Å². The normalized spacial score (nSPS) is 30.7. The molecule has 1 saturated heterocycles. The minimum atomic E-state index is -0.750. The zero-order valence-electron chi connectivity index (χ0n) is 8.70. The molecule has 3 atom stereocenters. The Morgan fingerprint density at radius 1 is 1.85 bits per heavy atom. The molecule has 0 aromatic heterocycles. The molecule has 0 bridgehead atoms. The van der Waals surface area contributed by atoms with Gasteiger partial charge in [-0.05, 0) is 18.9 Å². The van der Waals surface area contributed by atoms with Gasteiger partial charge in [-0.1, -0.05) is 0 Å². The number of rotatable bonds is 2. The minimum absolute atomic E-state index is 0. The number of hydrogen-bond acceptors (Lipinski definition) is 2. The van der Waals surface area contributed by atoms with E-state index in [1.165, 1.54) is 4.90 Å². The quantitative estimate of drug-likeness (QED) is 0.672. The standard InChI is InChI=1S/C9H16N2O.U/c1-3-8-5-4-6-11(8)9(12)7(2)10;/h7-8H,1-6,10H2;/q-2;+2/t7-,8-;/m0./s1/i6T;/t6-,7+,8+;/m1.. The average Bonchev–Trinajstić information content (AvgIpc) is 2.45. The van der Waals surface area contributed by atoms with Gasteiger partial charge in [0.25, 0.3) is 0 Å². The Morgan fingerprint density at radius 2 is 2.46 bits per heavy atom. The Morgan fingerprint density at radius 3 is 2.92 bits per heavy atom. The minimum Gasteiger partial charge on any atom is -0.348 e. The topological polar surface area (TPSA) is 46.3 Å². The van der Waals surface area contributed by atoms with Crippen molar-refractivity contribution < 1.29 is 37.3 Å². The number of carbonyl (C=O) groups excluding carboxylic acids is 1. The molecular formula is C9H16N2OU. The van der Waals surface area contributed by atoms with Gasteiger partial charge in [0.2, 0.25) is 5.91 Å². The summed E-state index contributed by atoms with van der Waals surface area (Å²) >= 11 is 0. The van der Waals surface area contributed by atoms with Crippen LogP contribution in [0.4, 0.5) is 0 Å². The molecule has 1 aliphatic rings. The van der Waals surface area contributed by atoms with Crippen LogP contribution in [0.5, 0.6) is 0 Å². The maximum absolute atomic E-state index is 11.5. The number of nitrogens with two attached hydrogens (primary N) is 1. The number of nitrogens with zero attached hydrogens (tertiary/aromatic N) is 1. The maximum atomic E-state index is 11.5. The van der Waals surface area contributed by atoms with Crippen LogP contribution in [0.3, 0.4) is 0 Å². The van der Waals surface area contributed by atoms with Gasteiger partial charge in [-0.2, -0.15) is 6.42 Å². The van der Waals surface area contributed by atoms with Gasteiger partial charge in [-0.3, -0.25) is 4.79 Å². The Labute approximate surface area is 105 Å². The van der Waals surface area contributed by atoms with Crippen molar-refractivity contribution in [2.75, 3.05) is 6.52 Å². The summed E-state index contributed by atoms with van der Waals surface area (Å²) in [6, 6.07) is -0.664. The van der Waals surface area contributed by atoms with E-state index < -0.39 is 12.6 Å². The predicted molar refractivity (Wildman–Crippen MR) is 48.0 cm³/mol. The van der Waals surface area contributed by atoms with Crippen LogP contribution in [-0.4, -0.2) is 29.4 Å². The van der Waals surface area contributed by atoms with E-state index in [1.807, 2.05) is 0 Å². The van der Waals surface area contributed by atoms with E-state index in [0.717, 1.165) is 12.8 Å². The Hall–Kier alpha value is 0.482. The summed E-state index contributed by atoms with van der Waals surface area (Å²) in [4.78, 5) is 13.0. The third-order valence-corrected chi connectivity index (χ3v) is 2.12. The summed E-state index contributed by atoms with van der Waals surface area (Å²) in [5.74, 6) is -0.230. The van der Waals surface area contributed by atoms with Gasteiger partial charge in [0.1, 0.15) is 0 Å². The number of likely N-dealkylation sites (tertiary alicyclic amines) is 1. The maximum Gasteiger partial charge on any atom is 2.00 e. The summed E-state index contributed by atoms with van der Waals surface area (Å²) < 4.78 is 7.64. The predicted octanol–water partition coefficient (Wildman–Crippen LogP) is 0.363. The summed E-state index contributed by atoms with van der Waals surface area (Å²) in [6.07, 6.45) is 2.22. The number of carbonyl (C=O) groups is 1. The van der Waals surface area contributed by atoms with Crippen LogP contribution in [0.1, 0.15) is 20.6 Å². The number of hydrogen-bond donors (Lipinski definition) is 1. The van der Waals surface area contributed by atoms with Crippen LogP contribution in [-0.2, 0) is 4.79 Å². The molecule has 1 amide bonds. The summed E-state index contributed by atoms with van der Waals surface area (Å²) in [6.45, 7) is 6.77. The molecule has 1 fully saturated rings. The Kier molecular flexibility index (Phi) is 5.38. The second-order valence-electron chi connectivity index (χ2n) is 3.05. The number of amides is 1. The fourth-order valence-corrected chi connectivity index (χ4v) is 1.44. The molecule has 1 rings (SSSR count). The third kappa shape index (κ3) is 3.27. The smallest absolute Gasteiger partial charge is 0.348 e. The van der Waals surface area contributed by atoms with Gasteiger partial charge in [0.15, 0.2) is 0 Å². The van der Waals surface area contributed by atoms with Crippen molar-refractivity contribution >= 4 is 5.91 Å². The first-order valence-electron chi connectivity index (χ1n) is 4.78. The van der Waals surface area contributed by atoms with E-state index in [1.54, 1.807) is 0 Å². The molecule has 0 saturated carbocycles. The van der Waals surface area contributed by atoms with Crippen molar-refractivity contribution in [3.63, 3.8) is 0 Å². The molecule has 0 radical (unpaired) electrons.